The Morgan fingerprint density at radius 1 is 1.14 bits per heavy atom. The molecule has 1 heterocycles. The van der Waals surface area contributed by atoms with E-state index in [0.717, 1.165) is 6.42 Å². The lowest BCUT2D eigenvalue weighted by Crippen LogP contribution is -2.03. The van der Waals surface area contributed by atoms with Crippen molar-refractivity contribution in [1.29, 1.82) is 0 Å². The number of hydrogen-bond acceptors (Lipinski definition) is 1. The predicted molar refractivity (Wildman–Crippen MR) is 103 cm³/mol. The van der Waals surface area contributed by atoms with Crippen molar-refractivity contribution in [3.8, 4) is 0 Å². The summed E-state index contributed by atoms with van der Waals surface area (Å²) in [6.07, 6.45) is 9.35. The summed E-state index contributed by atoms with van der Waals surface area (Å²) in [4.78, 5) is 0. The Morgan fingerprint density at radius 3 is 2.68 bits per heavy atom. The van der Waals surface area contributed by atoms with Gasteiger partial charge in [0.2, 0.25) is 0 Å². The fourth-order valence-corrected chi connectivity index (χ4v) is 4.46. The second-order valence-corrected chi connectivity index (χ2v) is 6.53. The molecule has 0 amide bonds. The van der Waals surface area contributed by atoms with E-state index in [4.69, 9.17) is 0 Å². The average molecular weight is 313 g/mol. The van der Waals surface area contributed by atoms with E-state index < -0.39 is 0 Å². The van der Waals surface area contributed by atoms with Gasteiger partial charge in [-0.05, 0) is 55.1 Å². The molecule has 1 nitrogen and oxygen atoms in total. The lowest BCUT2D eigenvalue weighted by Gasteiger charge is -2.24. The Bertz CT molecular complexity index is 608. The molecule has 1 aromatic carbocycles. The van der Waals surface area contributed by atoms with Crippen LogP contribution in [0, 0.1) is 0 Å². The van der Waals surface area contributed by atoms with E-state index in [9.17, 15) is 0 Å². The molecule has 1 aliphatic carbocycles. The van der Waals surface area contributed by atoms with E-state index in [1.54, 1.807) is 22.0 Å². The molecule has 3 rings (SSSR count). The standard InChI is InChI=1S/C18H22NP.C2H6/c1-3-14-12-11-13(2)16-9-6-8-15-7-4-5-10-17(15)19-20-18(14)16;1-2/h4-8,10,19-20H,3,9,11-12H2,1-2H3;1-2H3/b8-6-;. The zero-order valence-corrected chi connectivity index (χ0v) is 15.3. The molecular weight excluding hydrogens is 285 g/mol. The van der Waals surface area contributed by atoms with Gasteiger partial charge in [-0.2, -0.15) is 0 Å². The fraction of sp³-hybridized carbons (Fsp3) is 0.400. The van der Waals surface area contributed by atoms with Crippen LogP contribution in [0.4, 0.5) is 5.69 Å². The monoisotopic (exact) mass is 313 g/mol. The molecule has 2 aliphatic rings. The molecule has 0 fully saturated rings. The highest BCUT2D eigenvalue weighted by Crippen LogP contribution is 2.44. The van der Waals surface area contributed by atoms with Crippen LogP contribution in [-0.2, 0) is 0 Å². The summed E-state index contributed by atoms with van der Waals surface area (Å²) < 4.78 is 0. The van der Waals surface area contributed by atoms with Gasteiger partial charge in [-0.15, -0.1) is 0 Å². The maximum atomic E-state index is 3.67. The van der Waals surface area contributed by atoms with E-state index in [1.807, 2.05) is 13.8 Å². The van der Waals surface area contributed by atoms with Gasteiger partial charge in [-0.3, -0.25) is 0 Å². The summed E-state index contributed by atoms with van der Waals surface area (Å²) in [7, 11) is 0.687. The first-order valence-electron chi connectivity index (χ1n) is 8.48. The molecule has 1 aromatic rings. The van der Waals surface area contributed by atoms with Crippen molar-refractivity contribution in [2.24, 2.45) is 0 Å². The SMILES string of the molecule is CC.CCC1=C2PNc3ccccc3/C=C\CC2=C(C)CC1. The van der Waals surface area contributed by atoms with Gasteiger partial charge in [0.25, 0.3) is 0 Å². The van der Waals surface area contributed by atoms with Crippen molar-refractivity contribution in [3.63, 3.8) is 0 Å². The second kappa shape index (κ2) is 8.34. The van der Waals surface area contributed by atoms with Crippen LogP contribution in [0.25, 0.3) is 6.08 Å². The number of anilines is 1. The molecule has 1 aliphatic heterocycles. The zero-order chi connectivity index (χ0) is 15.9. The Hall–Kier alpha value is -1.33. The molecule has 0 spiro atoms. The van der Waals surface area contributed by atoms with Crippen LogP contribution in [0.1, 0.15) is 58.9 Å². The molecule has 1 unspecified atom stereocenters. The molecule has 22 heavy (non-hydrogen) atoms. The number of benzene rings is 1. The third kappa shape index (κ3) is 3.70. The van der Waals surface area contributed by atoms with Crippen LogP contribution >= 0.6 is 8.73 Å². The molecule has 0 bridgehead atoms. The first-order valence-corrected chi connectivity index (χ1v) is 9.48. The first-order chi connectivity index (χ1) is 10.8. The summed E-state index contributed by atoms with van der Waals surface area (Å²) in [5.41, 5.74) is 7.39. The molecule has 0 saturated heterocycles. The van der Waals surface area contributed by atoms with Gasteiger partial charge in [0, 0.05) is 14.4 Å². The summed E-state index contributed by atoms with van der Waals surface area (Å²) in [6, 6.07) is 8.60. The average Bonchev–Trinajstić information content (AvgIpc) is 2.66. The van der Waals surface area contributed by atoms with Gasteiger partial charge >= 0.3 is 0 Å². The van der Waals surface area contributed by atoms with Crippen molar-refractivity contribution >= 4 is 20.5 Å². The van der Waals surface area contributed by atoms with Crippen molar-refractivity contribution < 1.29 is 0 Å². The highest BCUT2D eigenvalue weighted by Gasteiger charge is 2.19. The van der Waals surface area contributed by atoms with Gasteiger partial charge < -0.3 is 5.09 Å². The van der Waals surface area contributed by atoms with Crippen LogP contribution in [0.5, 0.6) is 0 Å². The van der Waals surface area contributed by atoms with Gasteiger partial charge in [-0.25, -0.2) is 0 Å². The third-order valence-corrected chi connectivity index (χ3v) is 5.60. The molecular formula is C20H28NP. The minimum atomic E-state index is 0.687. The first kappa shape index (κ1) is 17.0. The minimum Gasteiger partial charge on any atom is -0.362 e. The lowest BCUT2D eigenvalue weighted by molar-refractivity contribution is 0.830. The van der Waals surface area contributed by atoms with E-state index in [-0.39, 0.29) is 0 Å². The maximum Gasteiger partial charge on any atom is 0.0446 e. The molecule has 1 N–H and O–H groups in total. The molecule has 0 radical (unpaired) electrons. The smallest absolute Gasteiger partial charge is 0.0446 e. The Morgan fingerprint density at radius 2 is 1.91 bits per heavy atom. The van der Waals surface area contributed by atoms with Crippen LogP contribution in [0.3, 0.4) is 0 Å². The summed E-state index contributed by atoms with van der Waals surface area (Å²) in [6.45, 7) is 8.60. The number of para-hydroxylation sites is 1. The topological polar surface area (TPSA) is 12.0 Å². The second-order valence-electron chi connectivity index (χ2n) is 5.53. The van der Waals surface area contributed by atoms with Crippen LogP contribution in [-0.4, -0.2) is 0 Å². The summed E-state index contributed by atoms with van der Waals surface area (Å²) >= 11 is 0. The van der Waals surface area contributed by atoms with Crippen LogP contribution in [0.2, 0.25) is 0 Å². The normalized spacial score (nSPS) is 19.8. The molecule has 2 heteroatoms. The Balaban J connectivity index is 0.000000847. The van der Waals surface area contributed by atoms with Crippen molar-refractivity contribution in [3.05, 3.63) is 57.9 Å². The number of fused-ring (bicyclic) bond motifs is 2. The number of hydrogen-bond donors (Lipinski definition) is 1. The quantitative estimate of drug-likeness (QED) is 0.555. The maximum absolute atomic E-state index is 3.67. The number of nitrogens with one attached hydrogen (secondary N) is 1. The van der Waals surface area contributed by atoms with Crippen molar-refractivity contribution in [2.45, 2.75) is 53.4 Å². The van der Waals surface area contributed by atoms with Crippen LogP contribution < -0.4 is 5.09 Å². The molecule has 1 atom stereocenters. The molecule has 0 aromatic heterocycles. The Kier molecular flexibility index (Phi) is 6.46. The third-order valence-electron chi connectivity index (χ3n) is 4.30. The highest BCUT2D eigenvalue weighted by atomic mass is 31.1. The van der Waals surface area contributed by atoms with E-state index in [1.165, 1.54) is 30.5 Å². The van der Waals surface area contributed by atoms with Gasteiger partial charge in [0.1, 0.15) is 0 Å². The largest absolute Gasteiger partial charge is 0.362 e. The minimum absolute atomic E-state index is 0.687. The van der Waals surface area contributed by atoms with Crippen molar-refractivity contribution in [2.75, 3.05) is 5.09 Å². The van der Waals surface area contributed by atoms with Gasteiger partial charge in [0.15, 0.2) is 0 Å². The van der Waals surface area contributed by atoms with E-state index in [0.29, 0.717) is 8.73 Å². The van der Waals surface area contributed by atoms with Gasteiger partial charge in [0.05, 0.1) is 0 Å². The summed E-state index contributed by atoms with van der Waals surface area (Å²) in [5.74, 6) is 0. The highest BCUT2D eigenvalue weighted by molar-refractivity contribution is 7.45. The number of allylic oxidation sites excluding steroid dienone is 5. The Labute approximate surface area is 137 Å². The predicted octanol–water partition coefficient (Wildman–Crippen LogP) is 6.91. The van der Waals surface area contributed by atoms with Crippen molar-refractivity contribution in [1.82, 2.24) is 0 Å². The fourth-order valence-electron chi connectivity index (χ4n) is 3.02. The van der Waals surface area contributed by atoms with E-state index >= 15 is 0 Å². The summed E-state index contributed by atoms with van der Waals surface area (Å²) in [5, 5.41) is 5.27. The lowest BCUT2D eigenvalue weighted by atomic mass is 9.90. The molecule has 0 saturated carbocycles. The van der Waals surface area contributed by atoms with E-state index in [2.05, 4.69) is 55.4 Å². The molecule has 118 valence electrons. The number of rotatable bonds is 1. The van der Waals surface area contributed by atoms with Crippen LogP contribution in [0.15, 0.2) is 52.4 Å². The van der Waals surface area contributed by atoms with Gasteiger partial charge in [-0.1, -0.05) is 62.3 Å². The zero-order valence-electron chi connectivity index (χ0n) is 14.3.